The first-order valence-electron chi connectivity index (χ1n) is 5.74. The number of rotatable bonds is 2. The van der Waals surface area contributed by atoms with Gasteiger partial charge in [-0.15, -0.1) is 0 Å². The maximum Gasteiger partial charge on any atom is 0.419 e. The van der Waals surface area contributed by atoms with Gasteiger partial charge in [0.05, 0.1) is 17.4 Å². The van der Waals surface area contributed by atoms with Crippen LogP contribution in [-0.4, -0.2) is 16.8 Å². The monoisotopic (exact) mass is 269 g/mol. The fourth-order valence-electron chi connectivity index (χ4n) is 2.05. The summed E-state index contributed by atoms with van der Waals surface area (Å²) in [5.74, 6) is 0. The highest BCUT2D eigenvalue weighted by atomic mass is 19.4. The van der Waals surface area contributed by atoms with Crippen molar-refractivity contribution < 1.29 is 13.2 Å². The van der Waals surface area contributed by atoms with Gasteiger partial charge in [-0.05, 0) is 37.1 Å². The lowest BCUT2D eigenvalue weighted by Crippen LogP contribution is -2.04. The zero-order valence-electron chi connectivity index (χ0n) is 10.8. The molecule has 0 saturated heterocycles. The molecule has 1 aromatic heterocycles. The predicted octanol–water partition coefficient (Wildman–Crippen LogP) is 3.55. The molecule has 0 spiro atoms. The fourth-order valence-corrected chi connectivity index (χ4v) is 2.05. The van der Waals surface area contributed by atoms with Gasteiger partial charge in [0.25, 0.3) is 0 Å². The molecule has 0 bridgehead atoms. The number of benzene rings is 1. The number of hydrogen-bond donors (Lipinski definition) is 1. The first-order valence-corrected chi connectivity index (χ1v) is 5.74. The van der Waals surface area contributed by atoms with E-state index in [0.29, 0.717) is 5.69 Å². The third kappa shape index (κ3) is 2.57. The van der Waals surface area contributed by atoms with Crippen LogP contribution in [0.1, 0.15) is 16.7 Å². The third-order valence-corrected chi connectivity index (χ3v) is 2.92. The number of anilines is 1. The van der Waals surface area contributed by atoms with Gasteiger partial charge in [-0.25, -0.2) is 4.68 Å². The molecule has 0 radical (unpaired) electrons. The van der Waals surface area contributed by atoms with E-state index in [9.17, 15) is 13.2 Å². The zero-order chi connectivity index (χ0) is 14.2. The number of nitrogens with one attached hydrogen (secondary N) is 1. The molecular formula is C13H14F3N3. The van der Waals surface area contributed by atoms with Gasteiger partial charge < -0.3 is 5.32 Å². The molecule has 3 nitrogen and oxygen atoms in total. The lowest BCUT2D eigenvalue weighted by Gasteiger charge is -2.12. The van der Waals surface area contributed by atoms with Crippen molar-refractivity contribution in [3.05, 3.63) is 41.2 Å². The van der Waals surface area contributed by atoms with E-state index in [1.54, 1.807) is 7.05 Å². The molecule has 102 valence electrons. The largest absolute Gasteiger partial charge is 0.419 e. The van der Waals surface area contributed by atoms with E-state index in [1.807, 2.05) is 26.0 Å². The van der Waals surface area contributed by atoms with Crippen LogP contribution < -0.4 is 5.32 Å². The normalized spacial score (nSPS) is 11.7. The van der Waals surface area contributed by atoms with Gasteiger partial charge in [-0.2, -0.15) is 18.3 Å². The second kappa shape index (κ2) is 4.60. The molecule has 0 aliphatic rings. The van der Waals surface area contributed by atoms with Crippen LogP contribution in [0.4, 0.5) is 18.9 Å². The Morgan fingerprint density at radius 1 is 1.16 bits per heavy atom. The number of alkyl halides is 3. The van der Waals surface area contributed by atoms with Crippen LogP contribution in [0.3, 0.4) is 0 Å². The van der Waals surface area contributed by atoms with Crippen LogP contribution >= 0.6 is 0 Å². The number of hydrogen-bond acceptors (Lipinski definition) is 2. The van der Waals surface area contributed by atoms with Crippen molar-refractivity contribution >= 4 is 5.69 Å². The Morgan fingerprint density at radius 2 is 1.74 bits per heavy atom. The fraction of sp³-hybridized carbons (Fsp3) is 0.308. The minimum absolute atomic E-state index is 0.675. The summed E-state index contributed by atoms with van der Waals surface area (Å²) in [5, 5.41) is 6.81. The van der Waals surface area contributed by atoms with Gasteiger partial charge in [-0.3, -0.25) is 0 Å². The van der Waals surface area contributed by atoms with Crippen LogP contribution in [0.15, 0.2) is 24.5 Å². The van der Waals surface area contributed by atoms with Crippen LogP contribution in [0, 0.1) is 13.8 Å². The average molecular weight is 269 g/mol. The van der Waals surface area contributed by atoms with Crippen molar-refractivity contribution in [2.24, 2.45) is 0 Å². The first-order chi connectivity index (χ1) is 8.82. The Morgan fingerprint density at radius 3 is 2.16 bits per heavy atom. The Kier molecular flexibility index (Phi) is 3.26. The quantitative estimate of drug-likeness (QED) is 0.903. The standard InChI is InChI=1S/C13H14F3N3/c1-8-4-11(17-3)5-9(2)12(8)19-7-10(6-18-19)13(14,15)16/h4-7,17H,1-3H3. The van der Waals surface area contributed by atoms with Crippen LogP contribution in [0.2, 0.25) is 0 Å². The van der Waals surface area contributed by atoms with Gasteiger partial charge in [0, 0.05) is 18.9 Å². The van der Waals surface area contributed by atoms with E-state index >= 15 is 0 Å². The van der Waals surface area contributed by atoms with Gasteiger partial charge in [0.1, 0.15) is 0 Å². The summed E-state index contributed by atoms with van der Waals surface area (Å²) in [4.78, 5) is 0. The highest BCUT2D eigenvalue weighted by Gasteiger charge is 2.32. The Bertz CT molecular complexity index is 576. The van der Waals surface area contributed by atoms with Gasteiger partial charge in [0.15, 0.2) is 0 Å². The highest BCUT2D eigenvalue weighted by molar-refractivity contribution is 5.57. The van der Waals surface area contributed by atoms with E-state index in [1.165, 1.54) is 4.68 Å². The SMILES string of the molecule is CNc1cc(C)c(-n2cc(C(F)(F)F)cn2)c(C)c1. The molecule has 0 aliphatic heterocycles. The molecular weight excluding hydrogens is 255 g/mol. The van der Waals surface area contributed by atoms with Gasteiger partial charge >= 0.3 is 6.18 Å². The Balaban J connectivity index is 2.51. The smallest absolute Gasteiger partial charge is 0.388 e. The van der Waals surface area contributed by atoms with Crippen molar-refractivity contribution in [1.82, 2.24) is 9.78 Å². The van der Waals surface area contributed by atoms with Crippen molar-refractivity contribution in [2.45, 2.75) is 20.0 Å². The minimum atomic E-state index is -4.37. The predicted molar refractivity (Wildman–Crippen MR) is 67.6 cm³/mol. The third-order valence-electron chi connectivity index (χ3n) is 2.92. The molecule has 19 heavy (non-hydrogen) atoms. The first kappa shape index (κ1) is 13.5. The van der Waals surface area contributed by atoms with Crippen molar-refractivity contribution in [1.29, 1.82) is 0 Å². The van der Waals surface area contributed by atoms with Crippen LogP contribution in [0.25, 0.3) is 5.69 Å². The van der Waals surface area contributed by atoms with Crippen LogP contribution in [-0.2, 0) is 6.18 Å². The summed E-state index contributed by atoms with van der Waals surface area (Å²) < 4.78 is 39.0. The second-order valence-corrected chi connectivity index (χ2v) is 4.38. The molecule has 2 rings (SSSR count). The molecule has 0 unspecified atom stereocenters. The molecule has 2 aromatic rings. The second-order valence-electron chi connectivity index (χ2n) is 4.38. The maximum atomic E-state index is 12.6. The number of aromatic nitrogens is 2. The lowest BCUT2D eigenvalue weighted by molar-refractivity contribution is -0.137. The molecule has 0 aliphatic carbocycles. The van der Waals surface area contributed by atoms with E-state index in [2.05, 4.69) is 10.4 Å². The summed E-state index contributed by atoms with van der Waals surface area (Å²) in [5.41, 5.74) is 2.57. The topological polar surface area (TPSA) is 29.9 Å². The minimum Gasteiger partial charge on any atom is -0.388 e. The number of nitrogens with zero attached hydrogens (tertiary/aromatic N) is 2. The van der Waals surface area contributed by atoms with Crippen molar-refractivity contribution in [3.8, 4) is 5.69 Å². The molecule has 0 atom stereocenters. The molecule has 0 saturated carbocycles. The highest BCUT2D eigenvalue weighted by Crippen LogP contribution is 2.30. The van der Waals surface area contributed by atoms with Gasteiger partial charge in [-0.1, -0.05) is 0 Å². The summed E-state index contributed by atoms with van der Waals surface area (Å²) in [6.45, 7) is 3.69. The Labute approximate surface area is 109 Å². The lowest BCUT2D eigenvalue weighted by atomic mass is 10.1. The van der Waals surface area contributed by atoms with Gasteiger partial charge in [0.2, 0.25) is 0 Å². The summed E-state index contributed by atoms with van der Waals surface area (Å²) in [6, 6.07) is 3.74. The van der Waals surface area contributed by atoms with Crippen molar-refractivity contribution in [2.75, 3.05) is 12.4 Å². The maximum absolute atomic E-state index is 12.6. The number of halogens is 3. The summed E-state index contributed by atoms with van der Waals surface area (Å²) in [6.07, 6.45) is -2.52. The van der Waals surface area contributed by atoms with E-state index in [-0.39, 0.29) is 0 Å². The van der Waals surface area contributed by atoms with E-state index in [4.69, 9.17) is 0 Å². The Hall–Kier alpha value is -1.98. The zero-order valence-corrected chi connectivity index (χ0v) is 10.8. The number of aryl methyl sites for hydroxylation is 2. The molecule has 1 heterocycles. The average Bonchev–Trinajstić information content (AvgIpc) is 2.76. The molecule has 0 fully saturated rings. The van der Waals surface area contributed by atoms with Crippen LogP contribution in [0.5, 0.6) is 0 Å². The summed E-state index contributed by atoms with van der Waals surface area (Å²) in [7, 11) is 1.80. The molecule has 1 aromatic carbocycles. The van der Waals surface area contributed by atoms with E-state index < -0.39 is 11.7 Å². The van der Waals surface area contributed by atoms with Crippen molar-refractivity contribution in [3.63, 3.8) is 0 Å². The molecule has 0 amide bonds. The summed E-state index contributed by atoms with van der Waals surface area (Å²) >= 11 is 0. The van der Waals surface area contributed by atoms with E-state index in [0.717, 1.165) is 29.2 Å². The molecule has 1 N–H and O–H groups in total. The molecule has 6 heteroatoms.